The fourth-order valence-corrected chi connectivity index (χ4v) is 1.98. The van der Waals surface area contributed by atoms with Gasteiger partial charge in [-0.2, -0.15) is 5.10 Å². The number of hydrogen-bond donors (Lipinski definition) is 4. The highest BCUT2D eigenvalue weighted by molar-refractivity contribution is 7.80. The van der Waals surface area contributed by atoms with E-state index >= 15 is 0 Å². The standard InChI is InChI=1S/C16H17N3O2S/c1-10-3-5-12(6-4-10)17-16(22)19-18-11(2)14-8-7-13(20)9-15(14)21/h3-9,20-21H,1-2H3,(H2,17,19,22). The molecular formula is C16H17N3O2S. The summed E-state index contributed by atoms with van der Waals surface area (Å²) in [7, 11) is 0. The quantitative estimate of drug-likeness (QED) is 0.398. The Morgan fingerprint density at radius 2 is 1.77 bits per heavy atom. The lowest BCUT2D eigenvalue weighted by Gasteiger charge is -2.09. The summed E-state index contributed by atoms with van der Waals surface area (Å²) >= 11 is 5.16. The third-order valence-corrected chi connectivity index (χ3v) is 3.20. The molecule has 2 rings (SSSR count). The molecule has 2 aromatic carbocycles. The van der Waals surface area contributed by atoms with Crippen LogP contribution in [0.2, 0.25) is 0 Å². The summed E-state index contributed by atoms with van der Waals surface area (Å²) in [6.07, 6.45) is 0. The predicted octanol–water partition coefficient (Wildman–Crippen LogP) is 3.12. The van der Waals surface area contributed by atoms with Crippen LogP contribution in [0, 0.1) is 6.92 Å². The molecule has 0 aromatic heterocycles. The number of thiocarbonyl (C=S) groups is 1. The molecule has 4 N–H and O–H groups in total. The Morgan fingerprint density at radius 1 is 1.09 bits per heavy atom. The third kappa shape index (κ3) is 4.20. The second-order valence-corrected chi connectivity index (χ2v) is 5.24. The summed E-state index contributed by atoms with van der Waals surface area (Å²) in [6.45, 7) is 3.74. The average molecular weight is 315 g/mol. The first-order valence-electron chi connectivity index (χ1n) is 6.66. The molecule has 114 valence electrons. The van der Waals surface area contributed by atoms with Crippen molar-refractivity contribution in [2.75, 3.05) is 5.32 Å². The zero-order valence-corrected chi connectivity index (χ0v) is 13.1. The van der Waals surface area contributed by atoms with E-state index in [1.807, 2.05) is 31.2 Å². The molecular weight excluding hydrogens is 298 g/mol. The van der Waals surface area contributed by atoms with Crippen LogP contribution in [-0.4, -0.2) is 21.0 Å². The van der Waals surface area contributed by atoms with Gasteiger partial charge in [-0.3, -0.25) is 5.43 Å². The number of anilines is 1. The minimum Gasteiger partial charge on any atom is -0.508 e. The van der Waals surface area contributed by atoms with Gasteiger partial charge in [-0.1, -0.05) is 17.7 Å². The molecule has 0 fully saturated rings. The summed E-state index contributed by atoms with van der Waals surface area (Å²) in [5.41, 5.74) is 5.82. The first kappa shape index (κ1) is 15.8. The van der Waals surface area contributed by atoms with Gasteiger partial charge in [0.2, 0.25) is 0 Å². The molecule has 0 saturated heterocycles. The van der Waals surface area contributed by atoms with Crippen LogP contribution < -0.4 is 10.7 Å². The zero-order chi connectivity index (χ0) is 16.1. The first-order valence-corrected chi connectivity index (χ1v) is 7.07. The third-order valence-electron chi connectivity index (χ3n) is 3.01. The van der Waals surface area contributed by atoms with Crippen LogP contribution in [0.3, 0.4) is 0 Å². The van der Waals surface area contributed by atoms with Gasteiger partial charge >= 0.3 is 0 Å². The van der Waals surface area contributed by atoms with Crippen molar-refractivity contribution in [3.63, 3.8) is 0 Å². The second-order valence-electron chi connectivity index (χ2n) is 4.83. The molecule has 22 heavy (non-hydrogen) atoms. The van der Waals surface area contributed by atoms with Crippen molar-refractivity contribution in [1.82, 2.24) is 5.43 Å². The lowest BCUT2D eigenvalue weighted by atomic mass is 10.1. The van der Waals surface area contributed by atoms with Gasteiger partial charge in [0.25, 0.3) is 0 Å². The molecule has 0 atom stereocenters. The normalized spacial score (nSPS) is 11.1. The maximum Gasteiger partial charge on any atom is 0.191 e. The predicted molar refractivity (Wildman–Crippen MR) is 92.5 cm³/mol. The number of rotatable bonds is 3. The number of aryl methyl sites for hydroxylation is 1. The van der Waals surface area contributed by atoms with Crippen molar-refractivity contribution in [2.24, 2.45) is 5.10 Å². The van der Waals surface area contributed by atoms with Crippen molar-refractivity contribution in [2.45, 2.75) is 13.8 Å². The summed E-state index contributed by atoms with van der Waals surface area (Å²) in [5, 5.41) is 26.5. The first-order chi connectivity index (χ1) is 10.5. The number of phenols is 2. The second kappa shape index (κ2) is 6.91. The number of hydrogen-bond acceptors (Lipinski definition) is 4. The van der Waals surface area contributed by atoms with Crippen LogP contribution in [0.1, 0.15) is 18.1 Å². The van der Waals surface area contributed by atoms with Crippen LogP contribution in [0.5, 0.6) is 11.5 Å². The van der Waals surface area contributed by atoms with E-state index in [2.05, 4.69) is 15.8 Å². The van der Waals surface area contributed by atoms with E-state index in [0.717, 1.165) is 5.69 Å². The Morgan fingerprint density at radius 3 is 2.41 bits per heavy atom. The number of phenolic OH excluding ortho intramolecular Hbond substituents is 2. The number of benzene rings is 2. The zero-order valence-electron chi connectivity index (χ0n) is 12.3. The molecule has 0 unspecified atom stereocenters. The van der Waals surface area contributed by atoms with Gasteiger partial charge < -0.3 is 15.5 Å². The molecule has 0 bridgehead atoms. The van der Waals surface area contributed by atoms with Crippen molar-refractivity contribution in [1.29, 1.82) is 0 Å². The van der Waals surface area contributed by atoms with Gasteiger partial charge in [-0.05, 0) is 50.3 Å². The van der Waals surface area contributed by atoms with Gasteiger partial charge in [0.15, 0.2) is 5.11 Å². The van der Waals surface area contributed by atoms with Gasteiger partial charge in [0, 0.05) is 17.3 Å². The lowest BCUT2D eigenvalue weighted by molar-refractivity contribution is 0.450. The van der Waals surface area contributed by atoms with Crippen molar-refractivity contribution in [3.05, 3.63) is 53.6 Å². The summed E-state index contributed by atoms with van der Waals surface area (Å²) in [6, 6.07) is 12.1. The van der Waals surface area contributed by atoms with Crippen molar-refractivity contribution < 1.29 is 10.2 Å². The van der Waals surface area contributed by atoms with Gasteiger partial charge in [0.1, 0.15) is 11.5 Å². The molecule has 5 nitrogen and oxygen atoms in total. The molecule has 6 heteroatoms. The van der Waals surface area contributed by atoms with Crippen LogP contribution in [0.25, 0.3) is 0 Å². The van der Waals surface area contributed by atoms with Gasteiger partial charge in [-0.15, -0.1) is 0 Å². The Balaban J connectivity index is 2.00. The summed E-state index contributed by atoms with van der Waals surface area (Å²) in [4.78, 5) is 0. The minimum atomic E-state index is -0.0412. The molecule has 0 aliphatic carbocycles. The van der Waals surface area contributed by atoms with E-state index in [4.69, 9.17) is 12.2 Å². The van der Waals surface area contributed by atoms with Gasteiger partial charge in [0.05, 0.1) is 5.71 Å². The van der Waals surface area contributed by atoms with E-state index in [1.165, 1.54) is 17.7 Å². The van der Waals surface area contributed by atoms with E-state index in [1.54, 1.807) is 13.0 Å². The Kier molecular flexibility index (Phi) is 4.95. The maximum absolute atomic E-state index is 9.77. The monoisotopic (exact) mass is 315 g/mol. The van der Waals surface area contributed by atoms with E-state index in [9.17, 15) is 10.2 Å². The molecule has 0 amide bonds. The Hall–Kier alpha value is -2.60. The number of aromatic hydroxyl groups is 2. The highest BCUT2D eigenvalue weighted by Crippen LogP contribution is 2.22. The lowest BCUT2D eigenvalue weighted by Crippen LogP contribution is -2.24. The largest absolute Gasteiger partial charge is 0.508 e. The smallest absolute Gasteiger partial charge is 0.191 e. The Labute approximate surface area is 134 Å². The van der Waals surface area contributed by atoms with Crippen LogP contribution in [0.15, 0.2) is 47.6 Å². The molecule has 0 radical (unpaired) electrons. The molecule has 2 aromatic rings. The SMILES string of the molecule is CC(=NNC(=S)Nc1ccc(C)cc1)c1ccc(O)cc1O. The highest BCUT2D eigenvalue weighted by atomic mass is 32.1. The van der Waals surface area contributed by atoms with Gasteiger partial charge in [-0.25, -0.2) is 0 Å². The van der Waals surface area contributed by atoms with E-state index < -0.39 is 0 Å². The fraction of sp³-hybridized carbons (Fsp3) is 0.125. The van der Waals surface area contributed by atoms with Crippen LogP contribution in [-0.2, 0) is 0 Å². The van der Waals surface area contributed by atoms with E-state index in [0.29, 0.717) is 16.4 Å². The van der Waals surface area contributed by atoms with E-state index in [-0.39, 0.29) is 11.5 Å². The summed E-state index contributed by atoms with van der Waals surface area (Å²) < 4.78 is 0. The van der Waals surface area contributed by atoms with Crippen molar-refractivity contribution >= 4 is 28.7 Å². The number of nitrogens with zero attached hydrogens (tertiary/aromatic N) is 1. The molecule has 0 saturated carbocycles. The van der Waals surface area contributed by atoms with Crippen LogP contribution >= 0.6 is 12.2 Å². The highest BCUT2D eigenvalue weighted by Gasteiger charge is 2.06. The topological polar surface area (TPSA) is 76.9 Å². The van der Waals surface area contributed by atoms with Crippen LogP contribution in [0.4, 0.5) is 5.69 Å². The van der Waals surface area contributed by atoms with Crippen molar-refractivity contribution in [3.8, 4) is 11.5 Å². The average Bonchev–Trinajstić information content (AvgIpc) is 2.47. The molecule has 0 aliphatic heterocycles. The molecule has 0 spiro atoms. The molecule has 0 heterocycles. The minimum absolute atomic E-state index is 0.00133. The molecule has 0 aliphatic rings. The fourth-order valence-electron chi connectivity index (χ4n) is 1.82. The number of nitrogens with one attached hydrogen (secondary N) is 2. The number of hydrazone groups is 1. The summed E-state index contributed by atoms with van der Waals surface area (Å²) in [5.74, 6) is -0.0426. The Bertz CT molecular complexity index is 712. The maximum atomic E-state index is 9.77.